The minimum Gasteiger partial charge on any atom is -0.338 e. The molecule has 3 unspecified atom stereocenters. The van der Waals surface area contributed by atoms with Gasteiger partial charge in [0.15, 0.2) is 0 Å². The van der Waals surface area contributed by atoms with Crippen LogP contribution in [0.1, 0.15) is 114 Å². The van der Waals surface area contributed by atoms with Crippen LogP contribution in [0, 0.1) is 0 Å². The Kier molecular flexibility index (Phi) is 15.1. The Hall–Kier alpha value is -8.46. The maximum atomic E-state index is 4.34. The first-order valence-corrected chi connectivity index (χ1v) is 28.6. The molecular formula is C76H70N2. The Morgan fingerprint density at radius 2 is 1.31 bits per heavy atom. The van der Waals surface area contributed by atoms with Crippen molar-refractivity contribution in [2.24, 2.45) is 0 Å². The highest BCUT2D eigenvalue weighted by atomic mass is 15.2. The van der Waals surface area contributed by atoms with E-state index < -0.39 is 0 Å². The van der Waals surface area contributed by atoms with Crippen LogP contribution in [0.4, 0.5) is 0 Å². The van der Waals surface area contributed by atoms with Gasteiger partial charge in [-0.2, -0.15) is 0 Å². The van der Waals surface area contributed by atoms with E-state index in [1.807, 2.05) is 12.2 Å². The van der Waals surface area contributed by atoms with Crippen LogP contribution in [0.3, 0.4) is 0 Å². The van der Waals surface area contributed by atoms with Gasteiger partial charge in [-0.3, -0.25) is 0 Å². The molecule has 0 heterocycles. The molecule has 0 fully saturated rings. The largest absolute Gasteiger partial charge is 0.338 e. The van der Waals surface area contributed by atoms with E-state index in [9.17, 15) is 0 Å². The summed E-state index contributed by atoms with van der Waals surface area (Å²) in [5, 5.41) is 2.83. The van der Waals surface area contributed by atoms with Crippen LogP contribution in [0.5, 0.6) is 0 Å². The fourth-order valence-corrected chi connectivity index (χ4v) is 12.8. The first kappa shape index (κ1) is 50.4. The van der Waals surface area contributed by atoms with Gasteiger partial charge in [-0.15, -0.1) is 0 Å². The molecule has 0 amide bonds. The zero-order valence-corrected chi connectivity index (χ0v) is 45.0. The molecule has 2 nitrogen and oxygen atoms in total. The van der Waals surface area contributed by atoms with Crippen molar-refractivity contribution in [2.75, 3.05) is 0 Å². The van der Waals surface area contributed by atoms with Crippen LogP contribution in [0.2, 0.25) is 0 Å². The lowest BCUT2D eigenvalue weighted by atomic mass is 9.75. The number of hydrogen-bond acceptors (Lipinski definition) is 2. The molecule has 3 atom stereocenters. The van der Waals surface area contributed by atoms with Crippen LogP contribution in [0.15, 0.2) is 289 Å². The van der Waals surface area contributed by atoms with Gasteiger partial charge in [0, 0.05) is 40.3 Å². The molecule has 0 saturated heterocycles. The molecule has 0 aliphatic heterocycles. The minimum absolute atomic E-state index is 0.174. The van der Waals surface area contributed by atoms with E-state index in [4.69, 9.17) is 0 Å². The third kappa shape index (κ3) is 10.8. The summed E-state index contributed by atoms with van der Waals surface area (Å²) in [5.41, 5.74) is 22.2. The van der Waals surface area contributed by atoms with Crippen molar-refractivity contribution in [2.45, 2.75) is 88.5 Å². The van der Waals surface area contributed by atoms with Crippen molar-refractivity contribution in [1.29, 1.82) is 0 Å². The van der Waals surface area contributed by atoms with Crippen molar-refractivity contribution >= 4 is 34.6 Å². The van der Waals surface area contributed by atoms with Gasteiger partial charge >= 0.3 is 0 Å². The third-order valence-electron chi connectivity index (χ3n) is 16.7. The first-order chi connectivity index (χ1) is 38.6. The molecule has 12 rings (SSSR count). The van der Waals surface area contributed by atoms with E-state index in [1.54, 1.807) is 0 Å². The molecular weight excluding hydrogens is 941 g/mol. The summed E-state index contributed by atoms with van der Waals surface area (Å²) in [4.78, 5) is 5.04. The van der Waals surface area contributed by atoms with Gasteiger partial charge in [0.05, 0.1) is 6.04 Å². The highest BCUT2D eigenvalue weighted by Gasteiger charge is 2.29. The lowest BCUT2D eigenvalue weighted by molar-refractivity contribution is 0.356. The molecule has 0 saturated carbocycles. The summed E-state index contributed by atoms with van der Waals surface area (Å²) in [7, 11) is 0. The maximum Gasteiger partial charge on any atom is 0.0557 e. The normalized spacial score (nSPS) is 21.5. The van der Waals surface area contributed by atoms with Crippen LogP contribution < -0.4 is 0 Å². The summed E-state index contributed by atoms with van der Waals surface area (Å²) < 4.78 is 0. The molecule has 78 heavy (non-hydrogen) atoms. The molecule has 0 aromatic heterocycles. The SMILES string of the molecule is C=CC=C(C=C)N(C1=CCC(c2cc3c4c5c(cccc25)C=CC4CC=C3)C=C1)C1=CC=CC=CC=C(C2=CC=CC=CC=C(N(C3=CCCC=C3)C3C=CC(C4=Cc5cccc(c5)CCc5cccc4c5)=CC3)CC2)CC1. The van der Waals surface area contributed by atoms with E-state index in [0.717, 1.165) is 82.0 Å². The zero-order chi connectivity index (χ0) is 52.6. The average Bonchev–Trinajstić information content (AvgIpc) is 3.55. The number of aryl methyl sites for hydroxylation is 2. The summed E-state index contributed by atoms with van der Waals surface area (Å²) >= 11 is 0. The van der Waals surface area contributed by atoms with Gasteiger partial charge in [0.2, 0.25) is 0 Å². The fourth-order valence-electron chi connectivity index (χ4n) is 12.8. The second-order valence-electron chi connectivity index (χ2n) is 21.6. The molecule has 4 aromatic rings. The van der Waals surface area contributed by atoms with Crippen LogP contribution in [-0.4, -0.2) is 15.8 Å². The van der Waals surface area contributed by atoms with Crippen molar-refractivity contribution < 1.29 is 0 Å². The fraction of sp³-hybridized carbons (Fsp3) is 0.184. The predicted octanol–water partition coefficient (Wildman–Crippen LogP) is 19.4. The summed E-state index contributed by atoms with van der Waals surface area (Å²) in [5.74, 6) is 0.723. The Labute approximate surface area is 464 Å². The van der Waals surface area contributed by atoms with Crippen molar-refractivity contribution in [1.82, 2.24) is 9.80 Å². The molecule has 4 aromatic carbocycles. The van der Waals surface area contributed by atoms with E-state index in [2.05, 4.69) is 260 Å². The van der Waals surface area contributed by atoms with Gasteiger partial charge in [0.1, 0.15) is 0 Å². The summed E-state index contributed by atoms with van der Waals surface area (Å²) in [6, 6.07) is 27.8. The molecule has 4 bridgehead atoms. The molecule has 8 aliphatic carbocycles. The number of allylic oxidation sites excluding steroid dienone is 30. The number of benzene rings is 4. The van der Waals surface area contributed by atoms with Gasteiger partial charge < -0.3 is 9.80 Å². The highest BCUT2D eigenvalue weighted by Crippen LogP contribution is 2.46. The maximum absolute atomic E-state index is 4.34. The average molecular weight is 1010 g/mol. The van der Waals surface area contributed by atoms with Crippen LogP contribution >= 0.6 is 0 Å². The molecule has 0 radical (unpaired) electrons. The van der Waals surface area contributed by atoms with Crippen molar-refractivity contribution in [3.8, 4) is 0 Å². The van der Waals surface area contributed by atoms with E-state index in [1.165, 1.54) is 94.7 Å². The van der Waals surface area contributed by atoms with Gasteiger partial charge in [-0.25, -0.2) is 0 Å². The molecule has 2 heteroatoms. The molecule has 0 spiro atoms. The van der Waals surface area contributed by atoms with Crippen molar-refractivity contribution in [3.63, 3.8) is 0 Å². The number of rotatable bonds is 11. The second kappa shape index (κ2) is 23.4. The lowest BCUT2D eigenvalue weighted by Gasteiger charge is -2.37. The van der Waals surface area contributed by atoms with Crippen LogP contribution in [-0.2, 0) is 12.8 Å². The van der Waals surface area contributed by atoms with Crippen molar-refractivity contribution in [3.05, 3.63) is 334 Å². The molecule has 8 aliphatic rings. The number of fused-ring (bicyclic) bond motifs is 4. The van der Waals surface area contributed by atoms with E-state index in [-0.39, 0.29) is 12.0 Å². The van der Waals surface area contributed by atoms with Gasteiger partial charge in [-0.05, 0) is 191 Å². The number of hydrogen-bond donors (Lipinski definition) is 0. The van der Waals surface area contributed by atoms with Gasteiger partial charge in [-0.1, -0.05) is 220 Å². The quantitative estimate of drug-likeness (QED) is 0.138. The summed E-state index contributed by atoms with van der Waals surface area (Å²) in [6.07, 6.45) is 77.0. The van der Waals surface area contributed by atoms with E-state index >= 15 is 0 Å². The van der Waals surface area contributed by atoms with E-state index in [0.29, 0.717) is 5.92 Å². The topological polar surface area (TPSA) is 6.48 Å². The smallest absolute Gasteiger partial charge is 0.0557 e. The predicted molar refractivity (Wildman–Crippen MR) is 334 cm³/mol. The Balaban J connectivity index is 0.801. The summed E-state index contributed by atoms with van der Waals surface area (Å²) in [6.45, 7) is 8.49. The molecule has 0 N–H and O–H groups in total. The second-order valence-corrected chi connectivity index (χ2v) is 21.6. The minimum atomic E-state index is 0.174. The van der Waals surface area contributed by atoms with Gasteiger partial charge in [0.25, 0.3) is 0 Å². The Morgan fingerprint density at radius 1 is 0.551 bits per heavy atom. The lowest BCUT2D eigenvalue weighted by Crippen LogP contribution is -2.33. The zero-order valence-electron chi connectivity index (χ0n) is 45.0. The Morgan fingerprint density at radius 3 is 2.05 bits per heavy atom. The highest BCUT2D eigenvalue weighted by molar-refractivity contribution is 6.01. The Bertz CT molecular complexity index is 3650. The standard InChI is InChI=1S/C76H70N2/c1-3-20-66(4-2)77(70-49-43-61(44-50-70)74-54-65-29-18-26-62-37-38-63-27-19-34-72(74)76(63)75(62)65)68-32-12-7-5-10-24-58(39-45-68)59-25-11-6-8-13-33-69(46-40-59)78(67-30-14-9-15-31-67)71-47-41-60(42-48-71)73-53-57-23-16-21-55(51-57)35-36-56-22-17-28-64(73)52-56/h3-8,10-14,16-25,27-34,37-38,41-43,47,49-54,61-62,71H,1-2,9,15,26,35-36,39-40,44-46,48H2. The first-order valence-electron chi connectivity index (χ1n) is 28.6. The van der Waals surface area contributed by atoms with Crippen LogP contribution in [0.25, 0.3) is 34.6 Å². The molecule has 384 valence electrons. The third-order valence-corrected chi connectivity index (χ3v) is 16.7. The number of nitrogens with zero attached hydrogens (tertiary/aromatic N) is 2. The monoisotopic (exact) mass is 1010 g/mol.